The van der Waals surface area contributed by atoms with Gasteiger partial charge < -0.3 is 0 Å². The summed E-state index contributed by atoms with van der Waals surface area (Å²) in [6.45, 7) is 0. The average Bonchev–Trinajstić information content (AvgIpc) is 2.54. The van der Waals surface area contributed by atoms with Crippen LogP contribution in [0.1, 0.15) is 5.56 Å². The number of hydrazone groups is 1. The molecule has 0 atom stereocenters. The minimum atomic E-state index is -4.02. The van der Waals surface area contributed by atoms with Crippen LogP contribution in [0.3, 0.4) is 0 Å². The van der Waals surface area contributed by atoms with E-state index in [0.717, 1.165) is 11.6 Å². The zero-order valence-corrected chi connectivity index (χ0v) is 13.2. The largest absolute Gasteiger partial charge is 0.295 e. The van der Waals surface area contributed by atoms with Crippen LogP contribution in [0.4, 0.5) is 11.4 Å². The van der Waals surface area contributed by atoms with Gasteiger partial charge in [0.25, 0.3) is 5.69 Å². The summed E-state index contributed by atoms with van der Waals surface area (Å²) in [5.74, 6) is 0. The molecule has 0 radical (unpaired) electrons. The molecule has 0 heterocycles. The summed E-state index contributed by atoms with van der Waals surface area (Å²) in [5.41, 5.74) is 3.09. The number of nitro groups is 1. The Labute approximate surface area is 138 Å². The van der Waals surface area contributed by atoms with Gasteiger partial charge in [0.05, 0.1) is 9.82 Å². The molecule has 0 saturated carbocycles. The zero-order chi connectivity index (χ0) is 17.6. The van der Waals surface area contributed by atoms with Crippen LogP contribution in [0.2, 0.25) is 0 Å². The summed E-state index contributed by atoms with van der Waals surface area (Å²) in [7, 11) is -4.02. The van der Waals surface area contributed by atoms with E-state index >= 15 is 0 Å². The Balaban J connectivity index is 2.13. The van der Waals surface area contributed by atoms with Gasteiger partial charge in [-0.3, -0.25) is 15.5 Å². The number of sulfonamides is 1. The van der Waals surface area contributed by atoms with Crippen molar-refractivity contribution in [3.05, 3.63) is 70.3 Å². The Morgan fingerprint density at radius 1 is 1.17 bits per heavy atom. The highest BCUT2D eigenvalue weighted by molar-refractivity contribution is 7.89. The molecule has 0 unspecified atom stereocenters. The summed E-state index contributed by atoms with van der Waals surface area (Å²) < 4.78 is 22.5. The number of primary sulfonamides is 1. The number of hydrogen-bond donors (Lipinski definition) is 2. The number of nitrogens with one attached hydrogen (secondary N) is 1. The van der Waals surface area contributed by atoms with E-state index in [-0.39, 0.29) is 10.6 Å². The van der Waals surface area contributed by atoms with Crippen molar-refractivity contribution >= 4 is 33.7 Å². The maximum absolute atomic E-state index is 11.2. The molecular formula is C15H14N4O4S. The van der Waals surface area contributed by atoms with E-state index in [1.165, 1.54) is 18.3 Å². The third-order valence-electron chi connectivity index (χ3n) is 2.93. The summed E-state index contributed by atoms with van der Waals surface area (Å²) in [5, 5.41) is 19.8. The molecule has 0 aromatic heterocycles. The first-order chi connectivity index (χ1) is 11.4. The van der Waals surface area contributed by atoms with E-state index in [1.807, 2.05) is 36.4 Å². The number of rotatable bonds is 6. The molecule has 0 aliphatic heterocycles. The van der Waals surface area contributed by atoms with Gasteiger partial charge in [0, 0.05) is 12.3 Å². The summed E-state index contributed by atoms with van der Waals surface area (Å²) in [6.07, 6.45) is 4.89. The lowest BCUT2D eigenvalue weighted by molar-refractivity contribution is -0.384. The quantitative estimate of drug-likeness (QED) is 0.471. The highest BCUT2D eigenvalue weighted by atomic mass is 32.2. The summed E-state index contributed by atoms with van der Waals surface area (Å²) in [6, 6.07) is 12.8. The van der Waals surface area contributed by atoms with Gasteiger partial charge in [0.2, 0.25) is 10.0 Å². The van der Waals surface area contributed by atoms with Gasteiger partial charge in [-0.2, -0.15) is 5.10 Å². The Bertz CT molecular complexity index is 893. The van der Waals surface area contributed by atoms with Gasteiger partial charge >= 0.3 is 0 Å². The third kappa shape index (κ3) is 4.73. The van der Waals surface area contributed by atoms with Crippen molar-refractivity contribution in [2.45, 2.75) is 4.90 Å². The fourth-order valence-electron chi connectivity index (χ4n) is 1.80. The van der Waals surface area contributed by atoms with Crippen LogP contribution in [0.5, 0.6) is 0 Å². The second-order valence-electron chi connectivity index (χ2n) is 4.64. The minimum Gasteiger partial charge on any atom is -0.272 e. The van der Waals surface area contributed by atoms with Gasteiger partial charge in [-0.25, -0.2) is 13.6 Å². The highest BCUT2D eigenvalue weighted by Gasteiger charge is 2.18. The predicted molar refractivity (Wildman–Crippen MR) is 92.1 cm³/mol. The summed E-state index contributed by atoms with van der Waals surface area (Å²) >= 11 is 0. The van der Waals surface area contributed by atoms with E-state index in [2.05, 4.69) is 10.5 Å². The Kier molecular flexibility index (Phi) is 5.40. The van der Waals surface area contributed by atoms with Crippen molar-refractivity contribution < 1.29 is 13.3 Å². The molecule has 0 fully saturated rings. The number of nitrogens with two attached hydrogens (primary N) is 1. The number of nitro benzene ring substituents is 1. The normalized spacial score (nSPS) is 11.9. The fraction of sp³-hybridized carbons (Fsp3) is 0. The smallest absolute Gasteiger partial charge is 0.272 e. The van der Waals surface area contributed by atoms with Gasteiger partial charge in [0.1, 0.15) is 5.69 Å². The van der Waals surface area contributed by atoms with Gasteiger partial charge in [-0.15, -0.1) is 0 Å². The second kappa shape index (κ2) is 7.49. The topological polar surface area (TPSA) is 128 Å². The molecule has 0 aliphatic rings. The molecule has 2 aromatic carbocycles. The fourth-order valence-corrected chi connectivity index (χ4v) is 2.34. The maximum Gasteiger partial charge on any atom is 0.295 e. The van der Waals surface area contributed by atoms with Gasteiger partial charge in [0.15, 0.2) is 0 Å². The highest BCUT2D eigenvalue weighted by Crippen LogP contribution is 2.27. The van der Waals surface area contributed by atoms with E-state index in [1.54, 1.807) is 6.08 Å². The number of nitrogens with zero attached hydrogens (tertiary/aromatic N) is 2. The molecule has 0 amide bonds. The Hall–Kier alpha value is -3.04. The van der Waals surface area contributed by atoms with Crippen molar-refractivity contribution in [1.29, 1.82) is 0 Å². The van der Waals surface area contributed by atoms with Crippen molar-refractivity contribution in [3.63, 3.8) is 0 Å². The predicted octanol–water partition coefficient (Wildman–Crippen LogP) is 2.35. The second-order valence-corrected chi connectivity index (χ2v) is 6.20. The molecular weight excluding hydrogens is 332 g/mol. The van der Waals surface area contributed by atoms with Crippen LogP contribution in [-0.2, 0) is 10.0 Å². The Morgan fingerprint density at radius 2 is 1.88 bits per heavy atom. The van der Waals surface area contributed by atoms with Crippen LogP contribution < -0.4 is 10.6 Å². The van der Waals surface area contributed by atoms with Crippen molar-refractivity contribution in [1.82, 2.24) is 0 Å². The van der Waals surface area contributed by atoms with Gasteiger partial charge in [-0.05, 0) is 23.8 Å². The van der Waals surface area contributed by atoms with Crippen LogP contribution in [-0.4, -0.2) is 19.6 Å². The first-order valence-corrected chi connectivity index (χ1v) is 8.24. The zero-order valence-electron chi connectivity index (χ0n) is 12.4. The lowest BCUT2D eigenvalue weighted by Crippen LogP contribution is -2.12. The van der Waals surface area contributed by atoms with Crippen molar-refractivity contribution in [2.24, 2.45) is 10.2 Å². The standard InChI is InChI=1S/C15H14N4O4S/c16-24(22,23)13-8-9-14(15(11-13)19(20)21)18-17-10-4-7-12-5-2-1-3-6-12/h1-11,18H,(H2,16,22,23)/b7-4+,17-10+. The number of hydrogen-bond acceptors (Lipinski definition) is 6. The van der Waals surface area contributed by atoms with Crippen LogP contribution >= 0.6 is 0 Å². The Morgan fingerprint density at radius 3 is 2.50 bits per heavy atom. The van der Waals surface area contributed by atoms with Crippen molar-refractivity contribution in [3.8, 4) is 0 Å². The lowest BCUT2D eigenvalue weighted by Gasteiger charge is -2.03. The molecule has 9 heteroatoms. The monoisotopic (exact) mass is 346 g/mol. The summed E-state index contributed by atoms with van der Waals surface area (Å²) in [4.78, 5) is 9.98. The van der Waals surface area contributed by atoms with Crippen molar-refractivity contribution in [2.75, 3.05) is 5.43 Å². The van der Waals surface area contributed by atoms with Gasteiger partial charge in [-0.1, -0.05) is 36.4 Å². The molecule has 124 valence electrons. The molecule has 8 nitrogen and oxygen atoms in total. The van der Waals surface area contributed by atoms with E-state index < -0.39 is 20.6 Å². The van der Waals surface area contributed by atoms with Crippen LogP contribution in [0, 0.1) is 10.1 Å². The van der Waals surface area contributed by atoms with E-state index in [9.17, 15) is 18.5 Å². The molecule has 2 aromatic rings. The number of benzene rings is 2. The average molecular weight is 346 g/mol. The van der Waals surface area contributed by atoms with E-state index in [0.29, 0.717) is 0 Å². The maximum atomic E-state index is 11.2. The number of anilines is 1. The first-order valence-electron chi connectivity index (χ1n) is 6.70. The SMILES string of the molecule is NS(=O)(=O)c1ccc(N/N=C/C=C/c2ccccc2)c([N+](=O)[O-])c1. The molecule has 3 N–H and O–H groups in total. The van der Waals surface area contributed by atoms with Crippen LogP contribution in [0.15, 0.2) is 64.6 Å². The minimum absolute atomic E-state index is 0.0526. The molecule has 0 aliphatic carbocycles. The molecule has 0 spiro atoms. The molecule has 0 bridgehead atoms. The lowest BCUT2D eigenvalue weighted by atomic mass is 10.2. The third-order valence-corrected chi connectivity index (χ3v) is 3.84. The molecule has 24 heavy (non-hydrogen) atoms. The molecule has 0 saturated heterocycles. The van der Waals surface area contributed by atoms with Crippen LogP contribution in [0.25, 0.3) is 6.08 Å². The first kappa shape index (κ1) is 17.3. The number of allylic oxidation sites excluding steroid dienone is 1. The van der Waals surface area contributed by atoms with E-state index in [4.69, 9.17) is 5.14 Å². The molecule has 2 rings (SSSR count).